The van der Waals surface area contributed by atoms with E-state index in [0.717, 1.165) is 18.6 Å². The van der Waals surface area contributed by atoms with Crippen molar-refractivity contribution >= 4 is 35.0 Å². The van der Waals surface area contributed by atoms with Gasteiger partial charge in [0.05, 0.1) is 0 Å². The van der Waals surface area contributed by atoms with Gasteiger partial charge in [-0.3, -0.25) is 0 Å². The van der Waals surface area contributed by atoms with Crippen LogP contribution < -0.4 is 11.5 Å². The second-order valence-corrected chi connectivity index (χ2v) is 4.24. The van der Waals surface area contributed by atoms with Crippen molar-refractivity contribution in [3.8, 4) is 0 Å². The minimum absolute atomic E-state index is 0.170. The van der Waals surface area contributed by atoms with E-state index < -0.39 is 0 Å². The molecule has 0 radical (unpaired) electrons. The average Bonchev–Trinajstić information content (AvgIpc) is 2.13. The molecule has 0 aliphatic heterocycles. The van der Waals surface area contributed by atoms with E-state index in [1.54, 1.807) is 11.8 Å². The molecule has 0 aliphatic rings. The first kappa shape index (κ1) is 11.4. The summed E-state index contributed by atoms with van der Waals surface area (Å²) in [5.74, 6) is 1.14. The Morgan fingerprint density at radius 2 is 2.07 bits per heavy atom. The topological polar surface area (TPSA) is 77.8 Å². The summed E-state index contributed by atoms with van der Waals surface area (Å²) in [5.41, 5.74) is 11.6. The third-order valence-electron chi connectivity index (χ3n) is 1.62. The fraction of sp³-hybridized carbons (Fsp3) is 0.500. The Bertz CT molecular complexity index is 318. The predicted molar refractivity (Wildman–Crippen MR) is 61.5 cm³/mol. The minimum Gasteiger partial charge on any atom is -0.394 e. The van der Waals surface area contributed by atoms with Crippen molar-refractivity contribution in [3.63, 3.8) is 0 Å². The summed E-state index contributed by atoms with van der Waals surface area (Å²) in [6.45, 7) is 2.13. The number of hydrogen-bond donors (Lipinski definition) is 2. The number of unbranched alkanes of at least 4 members (excludes halogenated alkanes) is 1. The van der Waals surface area contributed by atoms with Gasteiger partial charge in [-0.1, -0.05) is 24.9 Å². The molecule has 1 aromatic heterocycles. The third kappa shape index (κ3) is 2.92. The van der Waals surface area contributed by atoms with Crippen LogP contribution >= 0.6 is 23.4 Å². The highest BCUT2D eigenvalue weighted by Crippen LogP contribution is 2.28. The minimum atomic E-state index is 0.170. The van der Waals surface area contributed by atoms with E-state index in [2.05, 4.69) is 16.9 Å². The SMILES string of the molecule is CCCCSc1nc(N)nc(Cl)c1N. The van der Waals surface area contributed by atoms with E-state index in [-0.39, 0.29) is 11.1 Å². The molecule has 14 heavy (non-hydrogen) atoms. The normalized spacial score (nSPS) is 10.4. The summed E-state index contributed by atoms with van der Waals surface area (Å²) in [6.07, 6.45) is 2.26. The fourth-order valence-corrected chi connectivity index (χ4v) is 2.13. The first-order chi connectivity index (χ1) is 6.65. The van der Waals surface area contributed by atoms with Gasteiger partial charge in [-0.15, -0.1) is 11.8 Å². The molecule has 1 aromatic rings. The van der Waals surface area contributed by atoms with Crippen LogP contribution in [0.15, 0.2) is 5.03 Å². The number of rotatable bonds is 4. The summed E-state index contributed by atoms with van der Waals surface area (Å²) in [7, 11) is 0. The van der Waals surface area contributed by atoms with Gasteiger partial charge in [0, 0.05) is 0 Å². The predicted octanol–water partition coefficient (Wildman–Crippen LogP) is 2.19. The molecule has 4 nitrogen and oxygen atoms in total. The molecule has 0 spiro atoms. The highest BCUT2D eigenvalue weighted by molar-refractivity contribution is 7.99. The van der Waals surface area contributed by atoms with Crippen molar-refractivity contribution in [2.75, 3.05) is 17.2 Å². The van der Waals surface area contributed by atoms with Crippen molar-refractivity contribution in [3.05, 3.63) is 5.15 Å². The highest BCUT2D eigenvalue weighted by Gasteiger charge is 2.08. The second kappa shape index (κ2) is 5.26. The van der Waals surface area contributed by atoms with E-state index >= 15 is 0 Å². The van der Waals surface area contributed by atoms with Gasteiger partial charge < -0.3 is 11.5 Å². The van der Waals surface area contributed by atoms with Gasteiger partial charge in [-0.05, 0) is 12.2 Å². The van der Waals surface area contributed by atoms with Gasteiger partial charge >= 0.3 is 0 Å². The molecule has 0 saturated heterocycles. The number of nitrogen functional groups attached to an aromatic ring is 2. The number of thioether (sulfide) groups is 1. The number of hydrogen-bond acceptors (Lipinski definition) is 5. The molecule has 0 bridgehead atoms. The zero-order valence-corrected chi connectivity index (χ0v) is 9.53. The first-order valence-electron chi connectivity index (χ1n) is 4.36. The molecular formula is C8H13ClN4S. The van der Waals surface area contributed by atoms with Crippen molar-refractivity contribution in [2.45, 2.75) is 24.8 Å². The maximum Gasteiger partial charge on any atom is 0.222 e. The first-order valence-corrected chi connectivity index (χ1v) is 5.72. The smallest absolute Gasteiger partial charge is 0.222 e. The maximum absolute atomic E-state index is 5.76. The molecule has 4 N–H and O–H groups in total. The highest BCUT2D eigenvalue weighted by atomic mass is 35.5. The van der Waals surface area contributed by atoms with Crippen LogP contribution in [0, 0.1) is 0 Å². The molecule has 0 fully saturated rings. The Hall–Kier alpha value is -0.680. The van der Waals surface area contributed by atoms with Gasteiger partial charge in [-0.25, -0.2) is 4.98 Å². The molecule has 0 unspecified atom stereocenters. The van der Waals surface area contributed by atoms with Gasteiger partial charge in [0.1, 0.15) is 10.7 Å². The van der Waals surface area contributed by atoms with Crippen LogP contribution in [0.5, 0.6) is 0 Å². The molecule has 0 amide bonds. The van der Waals surface area contributed by atoms with E-state index in [0.29, 0.717) is 10.7 Å². The number of aromatic nitrogens is 2. The lowest BCUT2D eigenvalue weighted by Gasteiger charge is -2.05. The van der Waals surface area contributed by atoms with Crippen LogP contribution in [-0.4, -0.2) is 15.7 Å². The standard InChI is InChI=1S/C8H13ClN4S/c1-2-3-4-14-7-5(10)6(9)12-8(11)13-7/h2-4,10H2,1H3,(H2,11,12,13). The van der Waals surface area contributed by atoms with E-state index in [1.165, 1.54) is 0 Å². The Morgan fingerprint density at radius 3 is 2.71 bits per heavy atom. The summed E-state index contributed by atoms with van der Waals surface area (Å²) in [6, 6.07) is 0. The van der Waals surface area contributed by atoms with Crippen LogP contribution in [-0.2, 0) is 0 Å². The molecule has 0 aromatic carbocycles. The van der Waals surface area contributed by atoms with Crippen LogP contribution in [0.4, 0.5) is 11.6 Å². The Kier molecular flexibility index (Phi) is 4.28. The number of nitrogens with two attached hydrogens (primary N) is 2. The summed E-state index contributed by atoms with van der Waals surface area (Å²) in [4.78, 5) is 7.78. The molecule has 0 saturated carbocycles. The van der Waals surface area contributed by atoms with Gasteiger partial charge in [-0.2, -0.15) is 4.98 Å². The number of nitrogens with zero attached hydrogens (tertiary/aromatic N) is 2. The van der Waals surface area contributed by atoms with Crippen molar-refractivity contribution in [2.24, 2.45) is 0 Å². The zero-order valence-electron chi connectivity index (χ0n) is 7.96. The average molecular weight is 233 g/mol. The van der Waals surface area contributed by atoms with Crippen molar-refractivity contribution in [1.29, 1.82) is 0 Å². The second-order valence-electron chi connectivity index (χ2n) is 2.79. The monoisotopic (exact) mass is 232 g/mol. The summed E-state index contributed by atoms with van der Waals surface area (Å²) >= 11 is 7.32. The van der Waals surface area contributed by atoms with Crippen molar-refractivity contribution in [1.82, 2.24) is 9.97 Å². The number of halogens is 1. The van der Waals surface area contributed by atoms with E-state index in [4.69, 9.17) is 23.1 Å². The number of anilines is 2. The van der Waals surface area contributed by atoms with Crippen LogP contribution in [0.3, 0.4) is 0 Å². The summed E-state index contributed by atoms with van der Waals surface area (Å²) in [5, 5.41) is 0.910. The van der Waals surface area contributed by atoms with Gasteiger partial charge in [0.25, 0.3) is 0 Å². The molecule has 0 aliphatic carbocycles. The lowest BCUT2D eigenvalue weighted by molar-refractivity contribution is 0.894. The van der Waals surface area contributed by atoms with Crippen LogP contribution in [0.25, 0.3) is 0 Å². The molecule has 1 heterocycles. The molecule has 78 valence electrons. The largest absolute Gasteiger partial charge is 0.394 e. The lowest BCUT2D eigenvalue weighted by Crippen LogP contribution is -2.01. The maximum atomic E-state index is 5.76. The Balaban J connectivity index is 2.75. The van der Waals surface area contributed by atoms with Crippen LogP contribution in [0.1, 0.15) is 19.8 Å². The zero-order chi connectivity index (χ0) is 10.6. The van der Waals surface area contributed by atoms with Crippen LogP contribution in [0.2, 0.25) is 5.15 Å². The van der Waals surface area contributed by atoms with Crippen molar-refractivity contribution < 1.29 is 0 Å². The fourth-order valence-electron chi connectivity index (χ4n) is 0.862. The Labute approximate surface area is 92.4 Å². The molecule has 0 atom stereocenters. The quantitative estimate of drug-likeness (QED) is 0.473. The lowest BCUT2D eigenvalue weighted by atomic mass is 10.4. The third-order valence-corrected chi connectivity index (χ3v) is 2.98. The molecular weight excluding hydrogens is 220 g/mol. The summed E-state index contributed by atoms with van der Waals surface area (Å²) < 4.78 is 0. The Morgan fingerprint density at radius 1 is 1.36 bits per heavy atom. The van der Waals surface area contributed by atoms with E-state index in [1.807, 2.05) is 0 Å². The van der Waals surface area contributed by atoms with Gasteiger partial charge in [0.15, 0.2) is 5.15 Å². The molecule has 1 rings (SSSR count). The van der Waals surface area contributed by atoms with E-state index in [9.17, 15) is 0 Å². The molecule has 6 heteroatoms. The van der Waals surface area contributed by atoms with Gasteiger partial charge in [0.2, 0.25) is 5.95 Å².